The van der Waals surface area contributed by atoms with Gasteiger partial charge in [-0.2, -0.15) is 0 Å². The third-order valence-electron chi connectivity index (χ3n) is 3.05. The van der Waals surface area contributed by atoms with Crippen molar-refractivity contribution < 1.29 is 9.53 Å². The van der Waals surface area contributed by atoms with Gasteiger partial charge >= 0.3 is 5.97 Å². The van der Waals surface area contributed by atoms with Crippen LogP contribution in [-0.2, 0) is 0 Å². The average Bonchev–Trinajstić information content (AvgIpc) is 2.85. The number of esters is 1. The van der Waals surface area contributed by atoms with Crippen molar-refractivity contribution in [2.45, 2.75) is 6.92 Å². The van der Waals surface area contributed by atoms with Gasteiger partial charge in [0.1, 0.15) is 11.4 Å². The van der Waals surface area contributed by atoms with Crippen LogP contribution in [0.4, 0.5) is 0 Å². The largest absolute Gasteiger partial charge is 0.422 e. The zero-order valence-electron chi connectivity index (χ0n) is 10.5. The Labute approximate surface area is 110 Å². The number of carbonyl (C=O) groups excluding carboxylic acids is 1. The predicted molar refractivity (Wildman–Crippen MR) is 74.4 cm³/mol. The summed E-state index contributed by atoms with van der Waals surface area (Å²) < 4.78 is 5.39. The Hall–Kier alpha value is -2.55. The molecule has 19 heavy (non-hydrogen) atoms. The van der Waals surface area contributed by atoms with Crippen molar-refractivity contribution in [2.75, 3.05) is 0 Å². The number of fused-ring (bicyclic) bond motifs is 1. The minimum absolute atomic E-state index is 0.370. The van der Waals surface area contributed by atoms with Gasteiger partial charge in [-0.3, -0.25) is 0 Å². The lowest BCUT2D eigenvalue weighted by atomic mass is 10.2. The number of ether oxygens (including phenoxy) is 1. The number of H-pyrrole nitrogens is 1. The minimum atomic E-state index is -0.370. The van der Waals surface area contributed by atoms with Gasteiger partial charge in [-0.05, 0) is 30.7 Å². The highest BCUT2D eigenvalue weighted by atomic mass is 16.5. The van der Waals surface area contributed by atoms with E-state index in [-0.39, 0.29) is 5.97 Å². The van der Waals surface area contributed by atoms with E-state index in [9.17, 15) is 4.79 Å². The fourth-order valence-corrected chi connectivity index (χ4v) is 2.01. The first-order valence-electron chi connectivity index (χ1n) is 6.09. The summed E-state index contributed by atoms with van der Waals surface area (Å²) in [7, 11) is 0. The molecule has 0 saturated carbocycles. The van der Waals surface area contributed by atoms with Crippen LogP contribution in [0, 0.1) is 6.92 Å². The maximum absolute atomic E-state index is 12.1. The first kappa shape index (κ1) is 11.5. The van der Waals surface area contributed by atoms with Crippen molar-refractivity contribution in [1.82, 2.24) is 4.98 Å². The molecule has 94 valence electrons. The molecule has 0 fully saturated rings. The third-order valence-corrected chi connectivity index (χ3v) is 3.05. The smallest absolute Gasteiger partial charge is 0.360 e. The van der Waals surface area contributed by atoms with Gasteiger partial charge < -0.3 is 9.72 Å². The lowest BCUT2D eigenvalue weighted by molar-refractivity contribution is 0.0728. The SMILES string of the molecule is Cc1ccccc1OC(=O)c1cc2ccccc2[nH]1. The van der Waals surface area contributed by atoms with Crippen molar-refractivity contribution in [1.29, 1.82) is 0 Å². The van der Waals surface area contributed by atoms with Gasteiger partial charge in [-0.25, -0.2) is 4.79 Å². The highest BCUT2D eigenvalue weighted by Crippen LogP contribution is 2.19. The van der Waals surface area contributed by atoms with Crippen LogP contribution in [0.5, 0.6) is 5.75 Å². The summed E-state index contributed by atoms with van der Waals surface area (Å²) in [6.45, 7) is 1.91. The van der Waals surface area contributed by atoms with Crippen molar-refractivity contribution >= 4 is 16.9 Å². The van der Waals surface area contributed by atoms with Crippen molar-refractivity contribution in [3.63, 3.8) is 0 Å². The van der Waals surface area contributed by atoms with Gasteiger partial charge in [0.25, 0.3) is 0 Å². The van der Waals surface area contributed by atoms with Crippen LogP contribution in [0.25, 0.3) is 10.9 Å². The number of aromatic nitrogens is 1. The van der Waals surface area contributed by atoms with E-state index in [4.69, 9.17) is 4.74 Å². The summed E-state index contributed by atoms with van der Waals surface area (Å²) in [5.74, 6) is 0.219. The van der Waals surface area contributed by atoms with E-state index < -0.39 is 0 Å². The third kappa shape index (κ3) is 2.22. The van der Waals surface area contributed by atoms with Gasteiger partial charge in [-0.1, -0.05) is 36.4 Å². The summed E-state index contributed by atoms with van der Waals surface area (Å²) in [5.41, 5.74) is 2.33. The number of benzene rings is 2. The molecule has 0 aliphatic carbocycles. The van der Waals surface area contributed by atoms with E-state index in [2.05, 4.69) is 4.98 Å². The van der Waals surface area contributed by atoms with Crippen LogP contribution >= 0.6 is 0 Å². The molecule has 0 aliphatic rings. The lowest BCUT2D eigenvalue weighted by Gasteiger charge is -2.05. The molecule has 0 atom stereocenters. The maximum Gasteiger partial charge on any atom is 0.360 e. The zero-order valence-corrected chi connectivity index (χ0v) is 10.5. The molecule has 1 heterocycles. The molecule has 0 saturated heterocycles. The summed E-state index contributed by atoms with van der Waals surface area (Å²) in [6, 6.07) is 17.0. The van der Waals surface area contributed by atoms with Gasteiger partial charge in [0.15, 0.2) is 0 Å². The first-order valence-corrected chi connectivity index (χ1v) is 6.09. The second-order valence-corrected chi connectivity index (χ2v) is 4.43. The number of hydrogen-bond acceptors (Lipinski definition) is 2. The molecule has 2 aromatic carbocycles. The number of aryl methyl sites for hydroxylation is 1. The Morgan fingerprint density at radius 2 is 1.79 bits per heavy atom. The van der Waals surface area contributed by atoms with Gasteiger partial charge in [0.05, 0.1) is 0 Å². The molecule has 0 unspecified atom stereocenters. The summed E-state index contributed by atoms with van der Waals surface area (Å²) in [5, 5.41) is 0.999. The van der Waals surface area contributed by atoms with E-state index in [1.807, 2.05) is 49.4 Å². The number of carbonyl (C=O) groups is 1. The maximum atomic E-state index is 12.1. The molecular weight excluding hydrogens is 238 g/mol. The Kier molecular flexibility index (Phi) is 2.80. The lowest BCUT2D eigenvalue weighted by Crippen LogP contribution is -2.09. The molecule has 0 aliphatic heterocycles. The molecule has 0 bridgehead atoms. The first-order chi connectivity index (χ1) is 9.24. The monoisotopic (exact) mass is 251 g/mol. The Balaban J connectivity index is 1.90. The summed E-state index contributed by atoms with van der Waals surface area (Å²) in [4.78, 5) is 15.1. The molecule has 0 radical (unpaired) electrons. The van der Waals surface area contributed by atoms with E-state index in [1.165, 1.54) is 0 Å². The Bertz CT molecular complexity index is 710. The van der Waals surface area contributed by atoms with Crippen molar-refractivity contribution in [2.24, 2.45) is 0 Å². The minimum Gasteiger partial charge on any atom is -0.422 e. The molecule has 0 amide bonds. The average molecular weight is 251 g/mol. The van der Waals surface area contributed by atoms with Crippen LogP contribution < -0.4 is 4.74 Å². The fourth-order valence-electron chi connectivity index (χ4n) is 2.01. The van der Waals surface area contributed by atoms with Crippen LogP contribution in [0.3, 0.4) is 0 Å². The van der Waals surface area contributed by atoms with Crippen LogP contribution in [0.15, 0.2) is 54.6 Å². The quantitative estimate of drug-likeness (QED) is 0.557. The van der Waals surface area contributed by atoms with E-state index in [1.54, 1.807) is 12.1 Å². The molecule has 1 N–H and O–H groups in total. The Morgan fingerprint density at radius 1 is 1.05 bits per heavy atom. The van der Waals surface area contributed by atoms with Gasteiger partial charge in [-0.15, -0.1) is 0 Å². The summed E-state index contributed by atoms with van der Waals surface area (Å²) >= 11 is 0. The number of aromatic amines is 1. The highest BCUT2D eigenvalue weighted by molar-refractivity contribution is 5.95. The second kappa shape index (κ2) is 4.61. The van der Waals surface area contributed by atoms with E-state index in [0.29, 0.717) is 11.4 Å². The molecule has 3 aromatic rings. The molecule has 3 rings (SSSR count). The predicted octanol–water partition coefficient (Wildman–Crippen LogP) is 3.70. The number of rotatable bonds is 2. The molecule has 0 spiro atoms. The zero-order chi connectivity index (χ0) is 13.2. The molecule has 1 aromatic heterocycles. The Morgan fingerprint density at radius 3 is 2.58 bits per heavy atom. The summed E-state index contributed by atoms with van der Waals surface area (Å²) in [6.07, 6.45) is 0. The van der Waals surface area contributed by atoms with E-state index in [0.717, 1.165) is 16.5 Å². The molecular formula is C16H13NO2. The number of para-hydroxylation sites is 2. The van der Waals surface area contributed by atoms with Gasteiger partial charge in [0, 0.05) is 10.9 Å². The normalized spacial score (nSPS) is 10.6. The van der Waals surface area contributed by atoms with Crippen molar-refractivity contribution in [3.8, 4) is 5.75 Å². The van der Waals surface area contributed by atoms with Crippen LogP contribution in [0.1, 0.15) is 16.1 Å². The fraction of sp³-hybridized carbons (Fsp3) is 0.0625. The number of hydrogen-bond donors (Lipinski definition) is 1. The van der Waals surface area contributed by atoms with E-state index >= 15 is 0 Å². The molecule has 3 heteroatoms. The topological polar surface area (TPSA) is 42.1 Å². The standard InChI is InChI=1S/C16H13NO2/c1-11-6-2-5-9-15(11)19-16(18)14-10-12-7-3-4-8-13(12)17-14/h2-10,17H,1H3. The highest BCUT2D eigenvalue weighted by Gasteiger charge is 2.12. The molecule has 3 nitrogen and oxygen atoms in total. The number of nitrogens with one attached hydrogen (secondary N) is 1. The van der Waals surface area contributed by atoms with Crippen molar-refractivity contribution in [3.05, 3.63) is 65.9 Å². The second-order valence-electron chi connectivity index (χ2n) is 4.43. The van der Waals surface area contributed by atoms with Crippen LogP contribution in [-0.4, -0.2) is 11.0 Å². The van der Waals surface area contributed by atoms with Crippen LogP contribution in [0.2, 0.25) is 0 Å². The van der Waals surface area contributed by atoms with Gasteiger partial charge in [0.2, 0.25) is 0 Å².